The molecule has 191 valence electrons. The van der Waals surface area contributed by atoms with E-state index in [0.717, 1.165) is 11.3 Å². The van der Waals surface area contributed by atoms with Gasteiger partial charge in [-0.2, -0.15) is 0 Å². The number of aromatic nitrogens is 1. The number of hydrogen-bond acceptors (Lipinski definition) is 4. The Morgan fingerprint density at radius 2 is 1.67 bits per heavy atom. The van der Waals surface area contributed by atoms with Crippen molar-refractivity contribution in [1.82, 2.24) is 4.98 Å². The van der Waals surface area contributed by atoms with Gasteiger partial charge in [0.05, 0.1) is 10.5 Å². The van der Waals surface area contributed by atoms with Gasteiger partial charge in [-0.3, -0.25) is 4.79 Å². The number of aliphatic hydroxyl groups is 1. The van der Waals surface area contributed by atoms with E-state index in [1.54, 1.807) is 0 Å². The summed E-state index contributed by atoms with van der Waals surface area (Å²) in [6.45, 7) is 16.1. The first kappa shape index (κ1) is 29.6. The van der Waals surface area contributed by atoms with E-state index >= 15 is 0 Å². The molecular weight excluding hydrogens is 643 g/mol. The van der Waals surface area contributed by atoms with Gasteiger partial charge in [0.15, 0.2) is 5.78 Å². The van der Waals surface area contributed by atoms with Crippen molar-refractivity contribution < 1.29 is 30.0 Å². The minimum atomic E-state index is -0.125. The standard InChI is InChI=1S/C26H26NS.C5H8O2.Ir/c1-16-10-17(2)25(18(3)11-16)23-14-20-13-22(27-15-24(20)28-23)19-8-7-9-21(12-19)26(4,5)6;1-4(6)3-5(2)7;/h7,9-15H,1-6H3;3,6H,1-2H3;/q-1;;/b;4-3-;. The van der Waals surface area contributed by atoms with E-state index in [4.69, 9.17) is 10.1 Å². The van der Waals surface area contributed by atoms with Gasteiger partial charge in [0.2, 0.25) is 0 Å². The number of pyridine rings is 1. The summed E-state index contributed by atoms with van der Waals surface area (Å²) in [6, 6.07) is 18.8. The molecule has 4 aromatic rings. The topological polar surface area (TPSA) is 50.2 Å². The number of aliphatic hydroxyl groups excluding tert-OH is 1. The van der Waals surface area contributed by atoms with E-state index in [2.05, 4.69) is 84.0 Å². The third-order valence-electron chi connectivity index (χ3n) is 5.68. The van der Waals surface area contributed by atoms with Gasteiger partial charge in [-0.05, 0) is 73.9 Å². The molecule has 0 saturated heterocycles. The number of rotatable bonds is 3. The van der Waals surface area contributed by atoms with Crippen LogP contribution in [0.25, 0.3) is 31.8 Å². The van der Waals surface area contributed by atoms with E-state index in [9.17, 15) is 4.79 Å². The molecule has 0 amide bonds. The molecule has 2 aromatic carbocycles. The number of nitrogens with zero attached hydrogens (tertiary/aromatic N) is 1. The number of carbonyl (C=O) groups excluding carboxylic acids is 1. The molecule has 2 aromatic heterocycles. The number of allylic oxidation sites excluding steroid dienone is 2. The Balaban J connectivity index is 0.000000503. The number of carbonyl (C=O) groups is 1. The summed E-state index contributed by atoms with van der Waals surface area (Å²) in [6.07, 6.45) is 3.18. The van der Waals surface area contributed by atoms with Gasteiger partial charge in [0.1, 0.15) is 0 Å². The van der Waals surface area contributed by atoms with E-state index in [1.807, 2.05) is 23.6 Å². The minimum absolute atomic E-state index is 0. The molecule has 0 saturated carbocycles. The van der Waals surface area contributed by atoms with Gasteiger partial charge < -0.3 is 10.1 Å². The van der Waals surface area contributed by atoms with Gasteiger partial charge in [-0.25, -0.2) is 0 Å². The van der Waals surface area contributed by atoms with Gasteiger partial charge in [0, 0.05) is 37.3 Å². The monoisotopic (exact) mass is 677 g/mol. The molecule has 0 atom stereocenters. The Bertz CT molecular complexity index is 1380. The quantitative estimate of drug-likeness (QED) is 0.134. The van der Waals surface area contributed by atoms with Crippen LogP contribution in [0.1, 0.15) is 56.9 Å². The molecule has 2 heterocycles. The van der Waals surface area contributed by atoms with Crippen LogP contribution < -0.4 is 0 Å². The molecule has 0 bridgehead atoms. The number of hydrogen-bond donors (Lipinski definition) is 1. The molecule has 0 fully saturated rings. The normalized spacial score (nSPS) is 11.5. The Labute approximate surface area is 232 Å². The molecule has 36 heavy (non-hydrogen) atoms. The van der Waals surface area contributed by atoms with Crippen LogP contribution in [-0.4, -0.2) is 15.9 Å². The van der Waals surface area contributed by atoms with Crippen molar-refractivity contribution in [3.05, 3.63) is 88.8 Å². The van der Waals surface area contributed by atoms with E-state index in [1.165, 1.54) is 62.7 Å². The van der Waals surface area contributed by atoms with Crippen molar-refractivity contribution in [3.8, 4) is 21.7 Å². The molecule has 0 spiro atoms. The van der Waals surface area contributed by atoms with Crippen molar-refractivity contribution in [2.24, 2.45) is 0 Å². The summed E-state index contributed by atoms with van der Waals surface area (Å²) in [5.41, 5.74) is 8.81. The predicted molar refractivity (Wildman–Crippen MR) is 149 cm³/mol. The Hall–Kier alpha value is -2.59. The van der Waals surface area contributed by atoms with Gasteiger partial charge in [-0.1, -0.05) is 44.5 Å². The van der Waals surface area contributed by atoms with Crippen molar-refractivity contribution in [2.75, 3.05) is 0 Å². The fourth-order valence-corrected chi connectivity index (χ4v) is 5.35. The maximum absolute atomic E-state index is 10.0. The summed E-state index contributed by atoms with van der Waals surface area (Å²) in [5, 5.41) is 9.61. The molecule has 0 unspecified atom stereocenters. The maximum atomic E-state index is 10.0. The van der Waals surface area contributed by atoms with Crippen molar-refractivity contribution in [1.29, 1.82) is 0 Å². The molecule has 1 N–H and O–H groups in total. The van der Waals surface area contributed by atoms with Gasteiger partial charge in [-0.15, -0.1) is 46.7 Å². The zero-order valence-corrected chi connectivity index (χ0v) is 25.5. The summed E-state index contributed by atoms with van der Waals surface area (Å²) < 4.78 is 1.23. The second-order valence-corrected chi connectivity index (χ2v) is 11.2. The summed E-state index contributed by atoms with van der Waals surface area (Å²) in [4.78, 5) is 16.1. The number of benzene rings is 2. The predicted octanol–water partition coefficient (Wildman–Crippen LogP) is 8.69. The molecule has 4 rings (SSSR count). The Morgan fingerprint density at radius 3 is 2.19 bits per heavy atom. The first-order valence-corrected chi connectivity index (χ1v) is 12.5. The molecule has 1 radical (unpaired) electrons. The van der Waals surface area contributed by atoms with E-state index < -0.39 is 0 Å². The molecule has 0 aliphatic rings. The minimum Gasteiger partial charge on any atom is -0.512 e. The Kier molecular flexibility index (Phi) is 9.96. The van der Waals surface area contributed by atoms with Crippen LogP contribution in [0.4, 0.5) is 0 Å². The van der Waals surface area contributed by atoms with Crippen molar-refractivity contribution in [3.63, 3.8) is 0 Å². The largest absolute Gasteiger partial charge is 0.512 e. The fourth-order valence-electron chi connectivity index (χ4n) is 4.16. The smallest absolute Gasteiger partial charge is 0.155 e. The van der Waals surface area contributed by atoms with E-state index in [-0.39, 0.29) is 37.1 Å². The van der Waals surface area contributed by atoms with Crippen molar-refractivity contribution in [2.45, 2.75) is 60.8 Å². The molecule has 5 heteroatoms. The third-order valence-corrected chi connectivity index (χ3v) is 6.79. The maximum Gasteiger partial charge on any atom is 0.155 e. The molecular formula is C31H34IrNO2S-. The van der Waals surface area contributed by atoms with Crippen LogP contribution >= 0.6 is 11.3 Å². The van der Waals surface area contributed by atoms with Crippen LogP contribution in [0.3, 0.4) is 0 Å². The van der Waals surface area contributed by atoms with Gasteiger partial charge >= 0.3 is 0 Å². The average molecular weight is 677 g/mol. The van der Waals surface area contributed by atoms with Crippen molar-refractivity contribution >= 4 is 27.2 Å². The molecule has 0 aliphatic heterocycles. The SMILES string of the molecule is CC(=O)/C=C(/C)O.Cc1cc(C)c(-c2cc3cc(-c4[c-]ccc(C(C)(C)C)c4)ncc3s2)c(C)c1.[Ir]. The summed E-state index contributed by atoms with van der Waals surface area (Å²) >= 11 is 1.82. The first-order chi connectivity index (χ1) is 16.3. The third kappa shape index (κ3) is 7.46. The molecule has 3 nitrogen and oxygen atoms in total. The second kappa shape index (κ2) is 12.1. The summed E-state index contributed by atoms with van der Waals surface area (Å²) in [5.74, 6) is -0.0625. The fraction of sp³-hybridized carbons (Fsp3) is 0.290. The number of ketones is 1. The Morgan fingerprint density at radius 1 is 1.03 bits per heavy atom. The average Bonchev–Trinajstić information content (AvgIpc) is 3.14. The zero-order chi connectivity index (χ0) is 25.9. The second-order valence-electron chi connectivity index (χ2n) is 10.1. The zero-order valence-electron chi connectivity index (χ0n) is 22.2. The summed E-state index contributed by atoms with van der Waals surface area (Å²) in [7, 11) is 0. The van der Waals surface area contributed by atoms with E-state index in [0.29, 0.717) is 0 Å². The number of thiophene rings is 1. The molecule has 0 aliphatic carbocycles. The van der Waals surface area contributed by atoms with Crippen LogP contribution in [-0.2, 0) is 30.3 Å². The first-order valence-electron chi connectivity index (χ1n) is 11.7. The van der Waals surface area contributed by atoms with Crippen LogP contribution in [0, 0.1) is 26.8 Å². The van der Waals surface area contributed by atoms with Crippen LogP contribution in [0.5, 0.6) is 0 Å². The van der Waals surface area contributed by atoms with Crippen LogP contribution in [0.15, 0.2) is 60.5 Å². The van der Waals surface area contributed by atoms with Crippen LogP contribution in [0.2, 0.25) is 0 Å². The number of aryl methyl sites for hydroxylation is 3. The van der Waals surface area contributed by atoms with Gasteiger partial charge in [0.25, 0.3) is 0 Å². The number of fused-ring (bicyclic) bond motifs is 1.